The van der Waals surface area contributed by atoms with Gasteiger partial charge in [-0.3, -0.25) is 0 Å². The van der Waals surface area contributed by atoms with Gasteiger partial charge in [-0.2, -0.15) is 0 Å². The molecule has 0 aliphatic heterocycles. The second-order valence-electron chi connectivity index (χ2n) is 2.12. The van der Waals surface area contributed by atoms with Gasteiger partial charge in [-0.15, -0.1) is 0 Å². The molecule has 0 aromatic carbocycles. The van der Waals surface area contributed by atoms with Crippen LogP contribution in [0.25, 0.3) is 0 Å². The predicted molar refractivity (Wildman–Crippen MR) is 49.2 cm³/mol. The van der Waals surface area contributed by atoms with Gasteiger partial charge in [0.25, 0.3) is 0 Å². The monoisotopic (exact) mass is 168 g/mol. The van der Waals surface area contributed by atoms with E-state index in [-0.39, 0.29) is 0 Å². The first-order valence-corrected chi connectivity index (χ1v) is 3.56. The molecule has 0 amide bonds. The summed E-state index contributed by atoms with van der Waals surface area (Å²) in [6, 6.07) is 0. The first kappa shape index (κ1) is 11.0. The maximum absolute atomic E-state index is 8.80. The molecular weight excluding hydrogens is 155 g/mol. The molecule has 0 bridgehead atoms. The highest BCUT2D eigenvalue weighted by Crippen LogP contribution is 2.05. The molecule has 0 saturated carbocycles. The third-order valence-corrected chi connectivity index (χ3v) is 1.38. The summed E-state index contributed by atoms with van der Waals surface area (Å²) in [5, 5.41) is 17.6. The Bertz CT molecular complexity index is 206. The van der Waals surface area contributed by atoms with E-state index in [0.717, 1.165) is 0 Å². The van der Waals surface area contributed by atoms with Crippen molar-refractivity contribution in [2.45, 2.75) is 6.92 Å². The molecule has 0 heterocycles. The van der Waals surface area contributed by atoms with Gasteiger partial charge in [-0.25, -0.2) is 0 Å². The highest BCUT2D eigenvalue weighted by molar-refractivity contribution is 6.51. The molecular formula is C8H13BO3. The van der Waals surface area contributed by atoms with E-state index in [4.69, 9.17) is 14.8 Å². The molecule has 4 heteroatoms. The van der Waals surface area contributed by atoms with Crippen LogP contribution in [0.2, 0.25) is 0 Å². The van der Waals surface area contributed by atoms with Gasteiger partial charge in [0.2, 0.25) is 0 Å². The van der Waals surface area contributed by atoms with Crippen molar-refractivity contribution in [1.29, 1.82) is 0 Å². The summed E-state index contributed by atoms with van der Waals surface area (Å²) in [5.41, 5.74) is 0.381. The molecule has 0 atom stereocenters. The molecule has 12 heavy (non-hydrogen) atoms. The first-order chi connectivity index (χ1) is 5.65. The maximum Gasteiger partial charge on any atom is 0.488 e. The van der Waals surface area contributed by atoms with Crippen LogP contribution in [-0.2, 0) is 4.74 Å². The predicted octanol–water partition coefficient (Wildman–Crippen LogP) is 0.661. The fourth-order valence-electron chi connectivity index (χ4n) is 0.672. The van der Waals surface area contributed by atoms with Crippen LogP contribution in [0.4, 0.5) is 0 Å². The summed E-state index contributed by atoms with van der Waals surface area (Å²) < 4.78 is 4.86. The minimum atomic E-state index is -1.47. The van der Waals surface area contributed by atoms with Crippen molar-refractivity contribution in [2.24, 2.45) is 0 Å². The topological polar surface area (TPSA) is 49.7 Å². The fraction of sp³-hybridized carbons (Fsp3) is 0.250. The molecule has 0 saturated heterocycles. The second-order valence-corrected chi connectivity index (χ2v) is 2.12. The van der Waals surface area contributed by atoms with Gasteiger partial charge >= 0.3 is 7.12 Å². The lowest BCUT2D eigenvalue weighted by Crippen LogP contribution is -2.14. The molecule has 0 unspecified atom stereocenters. The Morgan fingerprint density at radius 3 is 2.33 bits per heavy atom. The summed E-state index contributed by atoms with van der Waals surface area (Å²) >= 11 is 0. The molecule has 2 N–H and O–H groups in total. The average molecular weight is 168 g/mol. The maximum atomic E-state index is 8.80. The van der Waals surface area contributed by atoms with Gasteiger partial charge in [0.05, 0.1) is 7.11 Å². The molecule has 66 valence electrons. The molecule has 0 aliphatic carbocycles. The number of allylic oxidation sites excluding steroid dienone is 4. The van der Waals surface area contributed by atoms with Crippen molar-refractivity contribution in [3.05, 3.63) is 36.0 Å². The van der Waals surface area contributed by atoms with Crippen LogP contribution in [-0.4, -0.2) is 24.3 Å². The molecule has 3 nitrogen and oxygen atoms in total. The summed E-state index contributed by atoms with van der Waals surface area (Å²) in [5.74, 6) is 0.496. The first-order valence-electron chi connectivity index (χ1n) is 3.56. The van der Waals surface area contributed by atoms with Gasteiger partial charge in [-0.1, -0.05) is 12.7 Å². The van der Waals surface area contributed by atoms with Crippen molar-refractivity contribution in [1.82, 2.24) is 0 Å². The second kappa shape index (κ2) is 5.63. The molecule has 0 rings (SSSR count). The summed E-state index contributed by atoms with van der Waals surface area (Å²) in [7, 11) is 0.0185. The van der Waals surface area contributed by atoms with Crippen molar-refractivity contribution in [3.8, 4) is 0 Å². The van der Waals surface area contributed by atoms with Gasteiger partial charge in [0, 0.05) is 0 Å². The number of hydrogen-bond acceptors (Lipinski definition) is 3. The zero-order valence-corrected chi connectivity index (χ0v) is 7.32. The number of methoxy groups -OCH3 is 1. The highest BCUT2D eigenvalue weighted by atomic mass is 16.5. The van der Waals surface area contributed by atoms with Gasteiger partial charge in [-0.05, 0) is 24.5 Å². The Morgan fingerprint density at radius 1 is 1.50 bits per heavy atom. The van der Waals surface area contributed by atoms with E-state index in [2.05, 4.69) is 6.58 Å². The van der Waals surface area contributed by atoms with E-state index < -0.39 is 7.12 Å². The van der Waals surface area contributed by atoms with Gasteiger partial charge < -0.3 is 14.8 Å². The lowest BCUT2D eigenvalue weighted by atomic mass is 9.79. The number of ether oxygens (including phenoxy) is 1. The van der Waals surface area contributed by atoms with Crippen LogP contribution in [0, 0.1) is 0 Å². The Balaban J connectivity index is 4.56. The summed E-state index contributed by atoms with van der Waals surface area (Å²) in [6.07, 6.45) is 4.59. The Morgan fingerprint density at radius 2 is 2.08 bits per heavy atom. The standard InChI is InChI=1S/C8H13BO3/c1-4-7(9(10)11)6-8(5-2)12-3/h4-6,10-11H,2H2,1,3H3/b7-4+,8-6+. The largest absolute Gasteiger partial charge is 0.497 e. The fourth-order valence-corrected chi connectivity index (χ4v) is 0.672. The van der Waals surface area contributed by atoms with Crippen molar-refractivity contribution in [3.63, 3.8) is 0 Å². The Hall–Kier alpha value is -0.995. The minimum Gasteiger partial charge on any atom is -0.497 e. The zero-order chi connectivity index (χ0) is 9.56. The molecule has 0 radical (unpaired) electrons. The highest BCUT2D eigenvalue weighted by Gasteiger charge is 2.11. The molecule has 0 aliphatic rings. The third-order valence-electron chi connectivity index (χ3n) is 1.38. The lowest BCUT2D eigenvalue weighted by molar-refractivity contribution is 0.306. The summed E-state index contributed by atoms with van der Waals surface area (Å²) in [6.45, 7) is 5.20. The van der Waals surface area contributed by atoms with Crippen LogP contribution in [0.1, 0.15) is 6.92 Å². The third kappa shape index (κ3) is 3.41. The van der Waals surface area contributed by atoms with Crippen LogP contribution >= 0.6 is 0 Å². The normalized spacial score (nSPS) is 12.7. The van der Waals surface area contributed by atoms with Crippen LogP contribution in [0.15, 0.2) is 36.0 Å². The smallest absolute Gasteiger partial charge is 0.488 e. The average Bonchev–Trinajstić information content (AvgIpc) is 2.06. The molecule has 0 aromatic heterocycles. The molecule has 0 spiro atoms. The van der Waals surface area contributed by atoms with Crippen LogP contribution in [0.3, 0.4) is 0 Å². The van der Waals surface area contributed by atoms with Gasteiger partial charge in [0.1, 0.15) is 5.76 Å². The minimum absolute atomic E-state index is 0.381. The molecule has 0 fully saturated rings. The van der Waals surface area contributed by atoms with E-state index in [0.29, 0.717) is 11.2 Å². The van der Waals surface area contributed by atoms with Gasteiger partial charge in [0.15, 0.2) is 0 Å². The van der Waals surface area contributed by atoms with E-state index in [1.807, 2.05) is 0 Å². The van der Waals surface area contributed by atoms with Crippen molar-refractivity contribution in [2.75, 3.05) is 7.11 Å². The zero-order valence-electron chi connectivity index (χ0n) is 7.32. The Kier molecular flexibility index (Phi) is 5.16. The lowest BCUT2D eigenvalue weighted by Gasteiger charge is -2.02. The van der Waals surface area contributed by atoms with Crippen molar-refractivity contribution < 1.29 is 14.8 Å². The van der Waals surface area contributed by atoms with Crippen molar-refractivity contribution >= 4 is 7.12 Å². The SMILES string of the molecule is C=C/C(=C\C(=C/C)B(O)O)OC. The van der Waals surface area contributed by atoms with E-state index in [1.165, 1.54) is 19.3 Å². The number of hydrogen-bond donors (Lipinski definition) is 2. The quantitative estimate of drug-likeness (QED) is 0.368. The van der Waals surface area contributed by atoms with E-state index in [9.17, 15) is 0 Å². The number of rotatable bonds is 4. The van der Waals surface area contributed by atoms with Crippen LogP contribution < -0.4 is 0 Å². The van der Waals surface area contributed by atoms with E-state index in [1.54, 1.807) is 13.0 Å². The summed E-state index contributed by atoms with van der Waals surface area (Å²) in [4.78, 5) is 0. The van der Waals surface area contributed by atoms with E-state index >= 15 is 0 Å². The Labute approximate surface area is 72.8 Å². The molecule has 0 aromatic rings. The van der Waals surface area contributed by atoms with Crippen LogP contribution in [0.5, 0.6) is 0 Å².